The molecule has 0 aromatic heterocycles. The molecule has 0 unspecified atom stereocenters. The van der Waals surface area contributed by atoms with Crippen molar-refractivity contribution in [2.75, 3.05) is 27.8 Å². The molecule has 0 saturated carbocycles. The Labute approximate surface area is 209 Å². The van der Waals surface area contributed by atoms with Crippen molar-refractivity contribution in [3.8, 4) is 45.6 Å². The van der Waals surface area contributed by atoms with Crippen molar-refractivity contribution in [1.29, 1.82) is 0 Å². The minimum Gasteiger partial charge on any atom is -0.492 e. The molecule has 2 aliphatic heterocycles. The van der Waals surface area contributed by atoms with Crippen LogP contribution in [0.25, 0.3) is 11.1 Å². The van der Waals surface area contributed by atoms with Gasteiger partial charge in [-0.2, -0.15) is 0 Å². The number of benzene rings is 2. The molecule has 3 atom stereocenters. The van der Waals surface area contributed by atoms with E-state index in [1.54, 1.807) is 40.0 Å². The van der Waals surface area contributed by atoms with E-state index in [2.05, 4.69) is 0 Å². The summed E-state index contributed by atoms with van der Waals surface area (Å²) in [7, 11) is 3.09. The summed E-state index contributed by atoms with van der Waals surface area (Å²) in [6.07, 6.45) is 1.04. The third-order valence-electron chi connectivity index (χ3n) is 7.33. The fourth-order valence-corrected chi connectivity index (χ4v) is 4.99. The first-order valence-electron chi connectivity index (χ1n) is 11.8. The molecule has 1 N–H and O–H groups in total. The summed E-state index contributed by atoms with van der Waals surface area (Å²) in [5.74, 6) is 1.86. The van der Waals surface area contributed by atoms with E-state index in [-0.39, 0.29) is 19.5 Å². The van der Waals surface area contributed by atoms with E-state index in [0.717, 1.165) is 5.56 Å². The maximum atomic E-state index is 13.0. The number of aliphatic hydroxyl groups is 1. The molecule has 0 bridgehead atoms. The molecule has 9 heteroatoms. The van der Waals surface area contributed by atoms with Crippen LogP contribution in [0.1, 0.15) is 44.9 Å². The van der Waals surface area contributed by atoms with Crippen LogP contribution in [0.2, 0.25) is 0 Å². The first-order valence-corrected chi connectivity index (χ1v) is 11.8. The smallest absolute Gasteiger partial charge is 0.334 e. The lowest BCUT2D eigenvalue weighted by Gasteiger charge is -2.41. The topological polar surface area (TPSA) is 102 Å². The number of carbonyl (C=O) groups is 1. The van der Waals surface area contributed by atoms with Crippen LogP contribution >= 0.6 is 0 Å². The number of ether oxygens (including phenoxy) is 7. The highest BCUT2D eigenvalue weighted by atomic mass is 16.7. The molecular weight excluding hydrogens is 468 g/mol. The van der Waals surface area contributed by atoms with E-state index in [1.165, 1.54) is 7.11 Å². The monoisotopic (exact) mass is 498 g/mol. The highest BCUT2D eigenvalue weighted by Crippen LogP contribution is 2.59. The van der Waals surface area contributed by atoms with Gasteiger partial charge in [-0.15, -0.1) is 0 Å². The Bertz CT molecular complexity index is 1260. The van der Waals surface area contributed by atoms with Gasteiger partial charge in [-0.3, -0.25) is 0 Å². The molecular formula is C27H30O9. The van der Waals surface area contributed by atoms with Gasteiger partial charge in [-0.25, -0.2) is 4.79 Å². The Morgan fingerprint density at radius 1 is 1.03 bits per heavy atom. The molecule has 3 aliphatic rings. The largest absolute Gasteiger partial charge is 0.492 e. The lowest BCUT2D eigenvalue weighted by atomic mass is 9.73. The van der Waals surface area contributed by atoms with E-state index >= 15 is 0 Å². The second kappa shape index (κ2) is 8.81. The van der Waals surface area contributed by atoms with E-state index in [4.69, 9.17) is 33.2 Å². The fraction of sp³-hybridized carbons (Fsp3) is 0.444. The molecule has 0 saturated heterocycles. The average molecular weight is 499 g/mol. The van der Waals surface area contributed by atoms with Crippen LogP contribution < -0.4 is 28.4 Å². The first-order chi connectivity index (χ1) is 17.2. The van der Waals surface area contributed by atoms with Crippen molar-refractivity contribution >= 4 is 5.97 Å². The van der Waals surface area contributed by atoms with E-state index in [0.29, 0.717) is 63.2 Å². The van der Waals surface area contributed by atoms with Gasteiger partial charge in [0, 0.05) is 22.3 Å². The summed E-state index contributed by atoms with van der Waals surface area (Å²) in [4.78, 5) is 13.0. The number of fused-ring (bicyclic) bond motifs is 5. The Morgan fingerprint density at radius 2 is 1.61 bits per heavy atom. The number of hydrogen-bond acceptors (Lipinski definition) is 9. The zero-order valence-electron chi connectivity index (χ0n) is 21.2. The van der Waals surface area contributed by atoms with Crippen LogP contribution in [-0.2, 0) is 16.0 Å². The highest BCUT2D eigenvalue weighted by molar-refractivity contribution is 5.91. The van der Waals surface area contributed by atoms with Gasteiger partial charge in [0.25, 0.3) is 0 Å². The van der Waals surface area contributed by atoms with Gasteiger partial charge < -0.3 is 38.3 Å². The normalized spacial score (nSPS) is 23.8. The van der Waals surface area contributed by atoms with Crippen LogP contribution in [0.4, 0.5) is 0 Å². The molecule has 0 spiro atoms. The summed E-state index contributed by atoms with van der Waals surface area (Å²) in [6, 6.07) is 3.64. The quantitative estimate of drug-likeness (QED) is 0.488. The lowest BCUT2D eigenvalue weighted by Crippen LogP contribution is -2.44. The van der Waals surface area contributed by atoms with Crippen molar-refractivity contribution in [1.82, 2.24) is 0 Å². The molecule has 9 nitrogen and oxygen atoms in total. The van der Waals surface area contributed by atoms with Crippen molar-refractivity contribution in [3.63, 3.8) is 0 Å². The van der Waals surface area contributed by atoms with E-state index in [9.17, 15) is 9.90 Å². The van der Waals surface area contributed by atoms with Gasteiger partial charge in [0.2, 0.25) is 25.1 Å². The molecule has 5 rings (SSSR count). The van der Waals surface area contributed by atoms with Gasteiger partial charge in [0.1, 0.15) is 5.60 Å². The Balaban J connectivity index is 1.88. The second-order valence-electron chi connectivity index (χ2n) is 9.37. The van der Waals surface area contributed by atoms with Crippen LogP contribution in [0.15, 0.2) is 23.8 Å². The third kappa shape index (κ3) is 3.52. The summed E-state index contributed by atoms with van der Waals surface area (Å²) < 4.78 is 40.7. The van der Waals surface area contributed by atoms with Gasteiger partial charge in [0.05, 0.1) is 14.2 Å². The fourth-order valence-electron chi connectivity index (χ4n) is 4.99. The van der Waals surface area contributed by atoms with Crippen molar-refractivity contribution in [2.45, 2.75) is 45.8 Å². The molecule has 36 heavy (non-hydrogen) atoms. The third-order valence-corrected chi connectivity index (χ3v) is 7.33. The predicted octanol–water partition coefficient (Wildman–Crippen LogP) is 4.32. The number of hydrogen-bond donors (Lipinski definition) is 1. The van der Waals surface area contributed by atoms with Crippen LogP contribution in [0.3, 0.4) is 0 Å². The van der Waals surface area contributed by atoms with Gasteiger partial charge in [-0.1, -0.05) is 13.0 Å². The second-order valence-corrected chi connectivity index (χ2v) is 9.37. The Kier molecular flexibility index (Phi) is 5.90. The van der Waals surface area contributed by atoms with E-state index < -0.39 is 17.7 Å². The minimum absolute atomic E-state index is 0.00858. The molecule has 0 fully saturated rings. The maximum absolute atomic E-state index is 13.0. The predicted molar refractivity (Wildman–Crippen MR) is 129 cm³/mol. The summed E-state index contributed by atoms with van der Waals surface area (Å²) in [6.45, 7) is 7.10. The molecule has 1 aliphatic carbocycles. The first kappa shape index (κ1) is 24.1. The summed E-state index contributed by atoms with van der Waals surface area (Å²) >= 11 is 0. The number of allylic oxidation sites excluding steroid dienone is 1. The molecule has 0 radical (unpaired) electrons. The lowest BCUT2D eigenvalue weighted by molar-refractivity contribution is -0.166. The number of esters is 1. The number of carbonyl (C=O) groups excluding carboxylic acids is 1. The van der Waals surface area contributed by atoms with Crippen LogP contribution in [0.5, 0.6) is 34.5 Å². The molecule has 2 aromatic rings. The maximum Gasteiger partial charge on any atom is 0.334 e. The zero-order valence-corrected chi connectivity index (χ0v) is 21.2. The minimum atomic E-state index is -1.46. The molecule has 192 valence electrons. The van der Waals surface area contributed by atoms with E-state index in [1.807, 2.05) is 13.0 Å². The van der Waals surface area contributed by atoms with Crippen LogP contribution in [-0.4, -0.2) is 44.5 Å². The van der Waals surface area contributed by atoms with Crippen molar-refractivity contribution in [2.24, 2.45) is 5.92 Å². The molecule has 2 aromatic carbocycles. The van der Waals surface area contributed by atoms with Crippen LogP contribution in [0, 0.1) is 5.92 Å². The summed E-state index contributed by atoms with van der Waals surface area (Å²) in [5, 5.41) is 11.9. The Morgan fingerprint density at radius 3 is 2.19 bits per heavy atom. The molecule has 0 amide bonds. The van der Waals surface area contributed by atoms with Gasteiger partial charge >= 0.3 is 5.97 Å². The highest BCUT2D eigenvalue weighted by Gasteiger charge is 2.47. The van der Waals surface area contributed by atoms with Gasteiger partial charge in [0.15, 0.2) is 29.1 Å². The Hall–Kier alpha value is -3.59. The summed E-state index contributed by atoms with van der Waals surface area (Å²) in [5.41, 5.74) is 1.59. The zero-order chi connectivity index (χ0) is 25.8. The standard InChI is InChI=1S/C27H30O9/c1-7-13(2)26(28)36-25-16-10-18-22(35-12-33-18)24(31-6)20(16)19-15(8-14(3)27(25,4)29)9-17-21(23(19)30-5)34-11-32-17/h7,9-10,14,25,29H,8,11-12H2,1-6H3/t14-,25-,27-/m0/s1. The number of rotatable bonds is 4. The van der Waals surface area contributed by atoms with Crippen molar-refractivity contribution < 1.29 is 43.1 Å². The number of methoxy groups -OCH3 is 2. The van der Waals surface area contributed by atoms with Gasteiger partial charge in [-0.05, 0) is 50.8 Å². The SMILES string of the molecule is CC=C(C)C(=O)O[C@H]1c2cc3c(c(OC)c2-c2c(cc4c(c2OC)OCO4)C[C@H](C)[C@]1(C)O)OCO3. The molecule has 2 heterocycles. The average Bonchev–Trinajstić information content (AvgIpc) is 3.53. The van der Waals surface area contributed by atoms with Crippen molar-refractivity contribution in [3.05, 3.63) is 34.9 Å².